The van der Waals surface area contributed by atoms with Crippen molar-refractivity contribution in [1.29, 1.82) is 0 Å². The summed E-state index contributed by atoms with van der Waals surface area (Å²) in [4.78, 5) is 3.77. The summed E-state index contributed by atoms with van der Waals surface area (Å²) in [6.45, 7) is 1.67. The van der Waals surface area contributed by atoms with Gasteiger partial charge in [0.15, 0.2) is 0 Å². The molecule has 0 fully saturated rings. The highest BCUT2D eigenvalue weighted by Crippen LogP contribution is 2.18. The zero-order chi connectivity index (χ0) is 14.8. The molecule has 106 valence electrons. The molecule has 1 aromatic carbocycles. The molecule has 1 unspecified atom stereocenters. The zero-order valence-electron chi connectivity index (χ0n) is 10.5. The Morgan fingerprint density at radius 1 is 1.25 bits per heavy atom. The summed E-state index contributed by atoms with van der Waals surface area (Å²) < 4.78 is 39.7. The summed E-state index contributed by atoms with van der Waals surface area (Å²) in [5.41, 5.74) is 0.662. The van der Waals surface area contributed by atoms with Crippen molar-refractivity contribution in [2.45, 2.75) is 17.9 Å². The molecule has 7 heteroatoms. The van der Waals surface area contributed by atoms with Gasteiger partial charge >= 0.3 is 0 Å². The minimum Gasteiger partial charge on any atom is -0.244 e. The van der Waals surface area contributed by atoms with Crippen molar-refractivity contribution in [2.24, 2.45) is 0 Å². The van der Waals surface area contributed by atoms with Gasteiger partial charge in [0.25, 0.3) is 0 Å². The smallest absolute Gasteiger partial charge is 0.241 e. The van der Waals surface area contributed by atoms with Gasteiger partial charge in [0.1, 0.15) is 11.0 Å². The second-order valence-corrected chi connectivity index (χ2v) is 6.31. The molecule has 1 N–H and O–H groups in total. The molecule has 20 heavy (non-hydrogen) atoms. The topological polar surface area (TPSA) is 59.1 Å². The van der Waals surface area contributed by atoms with E-state index in [2.05, 4.69) is 9.71 Å². The summed E-state index contributed by atoms with van der Waals surface area (Å²) in [6, 6.07) is 7.75. The molecule has 1 atom stereocenters. The molecule has 2 rings (SSSR count). The average Bonchev–Trinajstić information content (AvgIpc) is 2.39. The van der Waals surface area contributed by atoms with Gasteiger partial charge in [-0.1, -0.05) is 23.7 Å². The highest BCUT2D eigenvalue weighted by Gasteiger charge is 2.18. The molecule has 2 aromatic rings. The molecule has 0 spiro atoms. The Hall–Kier alpha value is -1.50. The third-order valence-electron chi connectivity index (χ3n) is 2.71. The minimum absolute atomic E-state index is 0.0338. The minimum atomic E-state index is -3.71. The van der Waals surface area contributed by atoms with E-state index in [0.717, 1.165) is 0 Å². The van der Waals surface area contributed by atoms with Crippen molar-refractivity contribution in [3.05, 3.63) is 59.1 Å². The molecular formula is C13H12ClFN2O2S. The van der Waals surface area contributed by atoms with Crippen LogP contribution in [0.1, 0.15) is 18.5 Å². The monoisotopic (exact) mass is 314 g/mol. The third-order valence-corrected chi connectivity index (χ3v) is 4.46. The van der Waals surface area contributed by atoms with Crippen LogP contribution in [0.2, 0.25) is 5.15 Å². The molecule has 1 aromatic heterocycles. The van der Waals surface area contributed by atoms with Crippen LogP contribution < -0.4 is 4.72 Å². The van der Waals surface area contributed by atoms with Crippen LogP contribution in [0.15, 0.2) is 47.5 Å². The Morgan fingerprint density at radius 3 is 2.50 bits per heavy atom. The molecule has 1 heterocycles. The van der Waals surface area contributed by atoms with Crippen molar-refractivity contribution in [1.82, 2.24) is 9.71 Å². The van der Waals surface area contributed by atoms with Crippen LogP contribution in [-0.4, -0.2) is 13.4 Å². The van der Waals surface area contributed by atoms with Crippen molar-refractivity contribution in [3.8, 4) is 0 Å². The Morgan fingerprint density at radius 2 is 1.90 bits per heavy atom. The van der Waals surface area contributed by atoms with E-state index >= 15 is 0 Å². The quantitative estimate of drug-likeness (QED) is 0.883. The third kappa shape index (κ3) is 3.53. The number of hydrogen-bond donors (Lipinski definition) is 1. The predicted molar refractivity (Wildman–Crippen MR) is 74.4 cm³/mol. The highest BCUT2D eigenvalue weighted by molar-refractivity contribution is 7.89. The van der Waals surface area contributed by atoms with Crippen molar-refractivity contribution in [3.63, 3.8) is 0 Å². The summed E-state index contributed by atoms with van der Waals surface area (Å²) in [6.07, 6.45) is 1.32. The number of nitrogens with zero attached hydrogens (tertiary/aromatic N) is 1. The van der Waals surface area contributed by atoms with Gasteiger partial charge in [-0.05, 0) is 36.8 Å². The number of halogens is 2. The van der Waals surface area contributed by atoms with Gasteiger partial charge in [0.05, 0.1) is 4.90 Å². The summed E-state index contributed by atoms with van der Waals surface area (Å²) in [5, 5.41) is 0.0994. The first-order valence-corrected chi connectivity index (χ1v) is 7.64. The fraction of sp³-hybridized carbons (Fsp3) is 0.154. The summed E-state index contributed by atoms with van der Waals surface area (Å²) in [5.74, 6) is -0.371. The van der Waals surface area contributed by atoms with E-state index in [9.17, 15) is 12.8 Å². The van der Waals surface area contributed by atoms with Gasteiger partial charge in [-0.3, -0.25) is 0 Å². The van der Waals surface area contributed by atoms with Crippen LogP contribution in [0.3, 0.4) is 0 Å². The SMILES string of the molecule is CC(NS(=O)(=O)c1ccnc(Cl)c1)c1ccc(F)cc1. The van der Waals surface area contributed by atoms with Crippen LogP contribution >= 0.6 is 11.6 Å². The molecule has 4 nitrogen and oxygen atoms in total. The second-order valence-electron chi connectivity index (χ2n) is 4.21. The molecule has 0 aliphatic rings. The number of pyridine rings is 1. The first kappa shape index (κ1) is 14.9. The maximum atomic E-state index is 12.8. The molecule has 0 aliphatic heterocycles. The maximum Gasteiger partial charge on any atom is 0.241 e. The predicted octanol–water partition coefficient (Wildman–Crippen LogP) is 2.91. The fourth-order valence-corrected chi connectivity index (χ4v) is 3.16. The van der Waals surface area contributed by atoms with Gasteiger partial charge in [-0.15, -0.1) is 0 Å². The molecule has 0 aliphatic carbocycles. The second kappa shape index (κ2) is 5.87. The lowest BCUT2D eigenvalue weighted by molar-refractivity contribution is 0.566. The van der Waals surface area contributed by atoms with E-state index in [0.29, 0.717) is 5.56 Å². The highest BCUT2D eigenvalue weighted by atomic mass is 35.5. The number of rotatable bonds is 4. The Bertz CT molecular complexity index is 705. The van der Waals surface area contributed by atoms with E-state index < -0.39 is 16.1 Å². The van der Waals surface area contributed by atoms with E-state index in [4.69, 9.17) is 11.6 Å². The number of aromatic nitrogens is 1. The Labute approximate surface area is 121 Å². The fourth-order valence-electron chi connectivity index (χ4n) is 1.67. The maximum absolute atomic E-state index is 12.8. The van der Waals surface area contributed by atoms with Gasteiger partial charge in [0.2, 0.25) is 10.0 Å². The molecule has 0 saturated heterocycles. The van der Waals surface area contributed by atoms with Gasteiger partial charge in [-0.25, -0.2) is 22.5 Å². The first-order valence-electron chi connectivity index (χ1n) is 5.78. The van der Waals surface area contributed by atoms with Crippen molar-refractivity contribution >= 4 is 21.6 Å². The van der Waals surface area contributed by atoms with Crippen molar-refractivity contribution < 1.29 is 12.8 Å². The normalized spacial score (nSPS) is 13.2. The zero-order valence-corrected chi connectivity index (χ0v) is 12.1. The lowest BCUT2D eigenvalue weighted by atomic mass is 10.1. The lowest BCUT2D eigenvalue weighted by Gasteiger charge is -2.14. The van der Waals surface area contributed by atoms with Gasteiger partial charge in [-0.2, -0.15) is 0 Å². The summed E-state index contributed by atoms with van der Waals surface area (Å²) >= 11 is 5.68. The van der Waals surface area contributed by atoms with Crippen LogP contribution in [0.4, 0.5) is 4.39 Å². The molecule has 0 amide bonds. The lowest BCUT2D eigenvalue weighted by Crippen LogP contribution is -2.26. The Balaban J connectivity index is 2.22. The number of sulfonamides is 1. The Kier molecular flexibility index (Phi) is 4.37. The molecule has 0 radical (unpaired) electrons. The van der Waals surface area contributed by atoms with E-state index in [-0.39, 0.29) is 15.9 Å². The van der Waals surface area contributed by atoms with Crippen LogP contribution in [-0.2, 0) is 10.0 Å². The van der Waals surface area contributed by atoms with E-state index in [1.165, 1.54) is 42.6 Å². The van der Waals surface area contributed by atoms with Crippen LogP contribution in [0.25, 0.3) is 0 Å². The van der Waals surface area contributed by atoms with E-state index in [1.54, 1.807) is 6.92 Å². The first-order chi connectivity index (χ1) is 9.38. The van der Waals surface area contributed by atoms with Crippen molar-refractivity contribution in [2.75, 3.05) is 0 Å². The average molecular weight is 315 g/mol. The van der Waals surface area contributed by atoms with Crippen LogP contribution in [0, 0.1) is 5.82 Å². The molecule has 0 saturated carbocycles. The van der Waals surface area contributed by atoms with E-state index in [1.807, 2.05) is 0 Å². The number of hydrogen-bond acceptors (Lipinski definition) is 3. The number of nitrogens with one attached hydrogen (secondary N) is 1. The standard InChI is InChI=1S/C13H12ClFN2O2S/c1-9(10-2-4-11(15)5-3-10)17-20(18,19)12-6-7-16-13(14)8-12/h2-9,17H,1H3. The van der Waals surface area contributed by atoms with Gasteiger partial charge < -0.3 is 0 Å². The largest absolute Gasteiger partial charge is 0.244 e. The van der Waals surface area contributed by atoms with Crippen LogP contribution in [0.5, 0.6) is 0 Å². The van der Waals surface area contributed by atoms with Gasteiger partial charge in [0, 0.05) is 12.2 Å². The summed E-state index contributed by atoms with van der Waals surface area (Å²) in [7, 11) is -3.71. The number of benzene rings is 1. The molecular weight excluding hydrogens is 303 g/mol. The molecule has 0 bridgehead atoms.